The second-order valence-corrected chi connectivity index (χ2v) is 6.92. The number of para-hydroxylation sites is 1. The Balaban J connectivity index is 1.25. The lowest BCUT2D eigenvalue weighted by Gasteiger charge is -2.32. The van der Waals surface area contributed by atoms with E-state index in [1.807, 2.05) is 47.1 Å². The molecule has 1 atom stereocenters. The van der Waals surface area contributed by atoms with Crippen LogP contribution in [0.4, 0.5) is 5.82 Å². The minimum Gasteiger partial charge on any atom is -0.356 e. The van der Waals surface area contributed by atoms with Crippen LogP contribution in [0.1, 0.15) is 19.3 Å². The maximum Gasteiger partial charge on any atom is 0.224 e. The lowest BCUT2D eigenvalue weighted by molar-refractivity contribution is -0.125. The van der Waals surface area contributed by atoms with Gasteiger partial charge in [0.1, 0.15) is 11.3 Å². The van der Waals surface area contributed by atoms with E-state index >= 15 is 0 Å². The number of aryl methyl sites for hydroxylation is 1. The van der Waals surface area contributed by atoms with Gasteiger partial charge in [0.15, 0.2) is 0 Å². The van der Waals surface area contributed by atoms with Crippen LogP contribution in [0.5, 0.6) is 0 Å². The SMILES string of the molecule is O=C(NCCCn1nnc2ccccc21)C1CCCN(c2ccccn2)C1. The lowest BCUT2D eigenvalue weighted by Crippen LogP contribution is -2.43. The summed E-state index contributed by atoms with van der Waals surface area (Å²) in [5.41, 5.74) is 1.93. The summed E-state index contributed by atoms with van der Waals surface area (Å²) in [6.45, 7) is 3.08. The fraction of sp³-hybridized carbons (Fsp3) is 0.400. The number of carbonyl (C=O) groups excluding carboxylic acids is 1. The highest BCUT2D eigenvalue weighted by Gasteiger charge is 2.26. The number of carbonyl (C=O) groups is 1. The molecule has 0 saturated carbocycles. The van der Waals surface area contributed by atoms with Crippen molar-refractivity contribution in [1.82, 2.24) is 25.3 Å². The van der Waals surface area contributed by atoms with Gasteiger partial charge < -0.3 is 10.2 Å². The molecule has 7 nitrogen and oxygen atoms in total. The lowest BCUT2D eigenvalue weighted by atomic mass is 9.97. The van der Waals surface area contributed by atoms with Crippen LogP contribution in [0.3, 0.4) is 0 Å². The van der Waals surface area contributed by atoms with Crippen molar-refractivity contribution < 1.29 is 4.79 Å². The average molecular weight is 364 g/mol. The Labute approximate surface area is 158 Å². The Bertz CT molecular complexity index is 894. The molecule has 1 aliphatic heterocycles. The van der Waals surface area contributed by atoms with E-state index in [0.717, 1.165) is 55.7 Å². The van der Waals surface area contributed by atoms with Crippen LogP contribution in [0.25, 0.3) is 11.0 Å². The number of anilines is 1. The largest absolute Gasteiger partial charge is 0.356 e. The number of nitrogens with one attached hydrogen (secondary N) is 1. The van der Waals surface area contributed by atoms with Crippen molar-refractivity contribution in [3.8, 4) is 0 Å². The van der Waals surface area contributed by atoms with Gasteiger partial charge in [0.2, 0.25) is 5.91 Å². The predicted octanol–water partition coefficient (Wildman–Crippen LogP) is 2.25. The van der Waals surface area contributed by atoms with Crippen molar-refractivity contribution in [2.24, 2.45) is 5.92 Å². The molecule has 0 radical (unpaired) electrons. The summed E-state index contributed by atoms with van der Waals surface area (Å²) in [4.78, 5) is 19.2. The van der Waals surface area contributed by atoms with E-state index in [1.165, 1.54) is 0 Å². The molecule has 1 N–H and O–H groups in total. The first-order valence-electron chi connectivity index (χ1n) is 9.53. The predicted molar refractivity (Wildman–Crippen MR) is 104 cm³/mol. The summed E-state index contributed by atoms with van der Waals surface area (Å²) < 4.78 is 1.89. The molecule has 27 heavy (non-hydrogen) atoms. The van der Waals surface area contributed by atoms with Crippen LogP contribution in [0, 0.1) is 5.92 Å². The number of hydrogen-bond acceptors (Lipinski definition) is 5. The molecule has 3 aromatic rings. The topological polar surface area (TPSA) is 75.9 Å². The number of pyridine rings is 1. The third kappa shape index (κ3) is 4.07. The second-order valence-electron chi connectivity index (χ2n) is 6.92. The van der Waals surface area contributed by atoms with E-state index in [1.54, 1.807) is 6.20 Å². The average Bonchev–Trinajstić information content (AvgIpc) is 3.15. The van der Waals surface area contributed by atoms with Gasteiger partial charge in [-0.3, -0.25) is 4.79 Å². The molecule has 0 bridgehead atoms. The smallest absolute Gasteiger partial charge is 0.224 e. The molecule has 0 spiro atoms. The fourth-order valence-electron chi connectivity index (χ4n) is 3.61. The van der Waals surface area contributed by atoms with Crippen LogP contribution < -0.4 is 10.2 Å². The highest BCUT2D eigenvalue weighted by Crippen LogP contribution is 2.21. The van der Waals surface area contributed by atoms with Gasteiger partial charge in [0.25, 0.3) is 0 Å². The number of fused-ring (bicyclic) bond motifs is 1. The van der Waals surface area contributed by atoms with Crippen molar-refractivity contribution in [2.75, 3.05) is 24.5 Å². The minimum atomic E-state index is 0.0213. The Kier molecular flexibility index (Phi) is 5.27. The van der Waals surface area contributed by atoms with Crippen LogP contribution in [-0.2, 0) is 11.3 Å². The minimum absolute atomic E-state index is 0.0213. The maximum absolute atomic E-state index is 12.6. The molecular formula is C20H24N6O. The summed E-state index contributed by atoms with van der Waals surface area (Å²) in [6.07, 6.45) is 4.57. The molecular weight excluding hydrogens is 340 g/mol. The standard InChI is InChI=1S/C20H24N6O/c27-20(16-7-5-13-25(15-16)19-10-3-4-11-21-19)22-12-6-14-26-18-9-2-1-8-17(18)23-24-26/h1-4,8-11,16H,5-7,12-15H2,(H,22,27). The Morgan fingerprint density at radius 3 is 2.96 bits per heavy atom. The second kappa shape index (κ2) is 8.16. The molecule has 4 rings (SSSR count). The Morgan fingerprint density at radius 1 is 1.19 bits per heavy atom. The summed E-state index contributed by atoms with van der Waals surface area (Å²) in [7, 11) is 0. The van der Waals surface area contributed by atoms with Crippen LogP contribution >= 0.6 is 0 Å². The van der Waals surface area contributed by atoms with E-state index in [2.05, 4.69) is 25.5 Å². The molecule has 7 heteroatoms. The Morgan fingerprint density at radius 2 is 2.07 bits per heavy atom. The van der Waals surface area contributed by atoms with Gasteiger partial charge in [-0.1, -0.05) is 23.4 Å². The van der Waals surface area contributed by atoms with E-state index in [9.17, 15) is 4.79 Å². The molecule has 1 unspecified atom stereocenters. The van der Waals surface area contributed by atoms with Crippen LogP contribution in [0.15, 0.2) is 48.7 Å². The fourth-order valence-corrected chi connectivity index (χ4v) is 3.61. The summed E-state index contributed by atoms with van der Waals surface area (Å²) in [5, 5.41) is 11.4. The summed E-state index contributed by atoms with van der Waals surface area (Å²) >= 11 is 0. The van der Waals surface area contributed by atoms with Crippen molar-refractivity contribution in [2.45, 2.75) is 25.8 Å². The third-order valence-electron chi connectivity index (χ3n) is 5.03. The van der Waals surface area contributed by atoms with Crippen molar-refractivity contribution >= 4 is 22.8 Å². The molecule has 140 valence electrons. The summed E-state index contributed by atoms with van der Waals surface area (Å²) in [5.74, 6) is 1.11. The molecule has 2 aromatic heterocycles. The van der Waals surface area contributed by atoms with E-state index in [4.69, 9.17) is 0 Å². The molecule has 1 aliphatic rings. The number of benzene rings is 1. The van der Waals surface area contributed by atoms with Gasteiger partial charge in [0, 0.05) is 32.4 Å². The number of hydrogen-bond donors (Lipinski definition) is 1. The third-order valence-corrected chi connectivity index (χ3v) is 5.03. The van der Waals surface area contributed by atoms with Gasteiger partial charge >= 0.3 is 0 Å². The van der Waals surface area contributed by atoms with Gasteiger partial charge in [-0.25, -0.2) is 9.67 Å². The molecule has 0 aliphatic carbocycles. The monoisotopic (exact) mass is 364 g/mol. The zero-order valence-electron chi connectivity index (χ0n) is 15.3. The van der Waals surface area contributed by atoms with Crippen molar-refractivity contribution in [1.29, 1.82) is 0 Å². The van der Waals surface area contributed by atoms with Gasteiger partial charge in [0.05, 0.1) is 11.4 Å². The Hall–Kier alpha value is -2.96. The highest BCUT2D eigenvalue weighted by atomic mass is 16.1. The molecule has 1 aromatic carbocycles. The molecule has 1 amide bonds. The number of aromatic nitrogens is 4. The number of amides is 1. The zero-order valence-corrected chi connectivity index (χ0v) is 15.3. The van der Waals surface area contributed by atoms with E-state index < -0.39 is 0 Å². The first-order chi connectivity index (χ1) is 13.3. The van der Waals surface area contributed by atoms with Crippen LogP contribution in [0.2, 0.25) is 0 Å². The van der Waals surface area contributed by atoms with Gasteiger partial charge in [-0.2, -0.15) is 0 Å². The molecule has 1 saturated heterocycles. The number of rotatable bonds is 6. The number of piperidine rings is 1. The van der Waals surface area contributed by atoms with E-state index in [-0.39, 0.29) is 11.8 Å². The molecule has 3 heterocycles. The van der Waals surface area contributed by atoms with Gasteiger partial charge in [-0.15, -0.1) is 5.10 Å². The number of nitrogens with zero attached hydrogens (tertiary/aromatic N) is 5. The highest BCUT2D eigenvalue weighted by molar-refractivity contribution is 5.79. The normalized spacial score (nSPS) is 17.2. The molecule has 1 fully saturated rings. The summed E-state index contributed by atoms with van der Waals surface area (Å²) in [6, 6.07) is 13.8. The zero-order chi connectivity index (χ0) is 18.5. The first-order valence-corrected chi connectivity index (χ1v) is 9.53. The van der Waals surface area contributed by atoms with Crippen molar-refractivity contribution in [3.63, 3.8) is 0 Å². The van der Waals surface area contributed by atoms with Crippen molar-refractivity contribution in [3.05, 3.63) is 48.7 Å². The maximum atomic E-state index is 12.6. The van der Waals surface area contributed by atoms with E-state index in [0.29, 0.717) is 6.54 Å². The van der Waals surface area contributed by atoms with Crippen LogP contribution in [-0.4, -0.2) is 45.5 Å². The quantitative estimate of drug-likeness (QED) is 0.679. The first kappa shape index (κ1) is 17.5. The van der Waals surface area contributed by atoms with Gasteiger partial charge in [-0.05, 0) is 43.5 Å².